The molecule has 174 valence electrons. The van der Waals surface area contributed by atoms with E-state index in [2.05, 4.69) is 27.8 Å². The van der Waals surface area contributed by atoms with Crippen LogP contribution in [0.3, 0.4) is 0 Å². The second kappa shape index (κ2) is 11.2. The Morgan fingerprint density at radius 1 is 1.03 bits per heavy atom. The van der Waals surface area contributed by atoms with Crippen LogP contribution >= 0.6 is 0 Å². The predicted octanol–water partition coefficient (Wildman–Crippen LogP) is 4.49. The molecule has 0 bridgehead atoms. The molecule has 1 fully saturated rings. The Kier molecular flexibility index (Phi) is 8.07. The van der Waals surface area contributed by atoms with Gasteiger partial charge in [-0.15, -0.1) is 6.58 Å². The summed E-state index contributed by atoms with van der Waals surface area (Å²) in [5.74, 6) is -0.270. The van der Waals surface area contributed by atoms with Gasteiger partial charge in [-0.05, 0) is 62.6 Å². The molecule has 4 N–H and O–H groups in total. The zero-order valence-electron chi connectivity index (χ0n) is 19.1. The molecule has 1 aliphatic rings. The monoisotopic (exact) mass is 449 g/mol. The fraction of sp³-hybridized carbons (Fsp3) is 0.320. The molecular formula is C25H31N5O3. The third kappa shape index (κ3) is 6.83. The molecule has 2 aromatic rings. The standard InChI is InChI=1S/C25H31N5O3/c1-4-13-26-23(31)19-6-5-14-30(16-19)25(33)28-21-10-8-20(9-11-21)27-24(32)29-22-12-7-17(2)15-18(22)3/h4,7-12,15,19H,1,5-6,13-14,16H2,2-3H3,(H,26,31)(H,28,33)(H2,27,29,32)/t19-/m0/s1. The molecule has 2 aromatic carbocycles. The lowest BCUT2D eigenvalue weighted by Crippen LogP contribution is -2.46. The summed E-state index contributed by atoms with van der Waals surface area (Å²) in [5.41, 5.74) is 4.08. The lowest BCUT2D eigenvalue weighted by atomic mass is 9.97. The number of piperidine rings is 1. The summed E-state index contributed by atoms with van der Waals surface area (Å²) < 4.78 is 0. The van der Waals surface area contributed by atoms with Crippen LogP contribution in [-0.4, -0.2) is 42.5 Å². The first-order valence-electron chi connectivity index (χ1n) is 11.1. The van der Waals surface area contributed by atoms with Gasteiger partial charge in [0.05, 0.1) is 5.92 Å². The van der Waals surface area contributed by atoms with Crippen LogP contribution in [0.15, 0.2) is 55.1 Å². The van der Waals surface area contributed by atoms with Crippen LogP contribution in [0.2, 0.25) is 0 Å². The van der Waals surface area contributed by atoms with Gasteiger partial charge in [-0.1, -0.05) is 23.8 Å². The summed E-state index contributed by atoms with van der Waals surface area (Å²) in [6, 6.07) is 12.1. The fourth-order valence-electron chi connectivity index (χ4n) is 3.77. The summed E-state index contributed by atoms with van der Waals surface area (Å²) in [5, 5.41) is 11.3. The van der Waals surface area contributed by atoms with Crippen molar-refractivity contribution >= 4 is 35.0 Å². The van der Waals surface area contributed by atoms with Gasteiger partial charge in [-0.2, -0.15) is 0 Å². The van der Waals surface area contributed by atoms with Gasteiger partial charge >= 0.3 is 12.1 Å². The molecule has 33 heavy (non-hydrogen) atoms. The van der Waals surface area contributed by atoms with Crippen LogP contribution < -0.4 is 21.3 Å². The number of nitrogens with one attached hydrogen (secondary N) is 4. The number of hydrogen-bond donors (Lipinski definition) is 4. The Morgan fingerprint density at radius 3 is 2.39 bits per heavy atom. The van der Waals surface area contributed by atoms with E-state index in [-0.39, 0.29) is 23.9 Å². The summed E-state index contributed by atoms with van der Waals surface area (Å²) in [6.07, 6.45) is 3.17. The lowest BCUT2D eigenvalue weighted by molar-refractivity contribution is -0.126. The highest BCUT2D eigenvalue weighted by molar-refractivity contribution is 6.00. The highest BCUT2D eigenvalue weighted by Gasteiger charge is 2.28. The van der Waals surface area contributed by atoms with Crippen LogP contribution in [0.25, 0.3) is 0 Å². The zero-order chi connectivity index (χ0) is 23.8. The second-order valence-corrected chi connectivity index (χ2v) is 8.22. The molecule has 0 spiro atoms. The maximum atomic E-state index is 12.7. The van der Waals surface area contributed by atoms with Gasteiger partial charge < -0.3 is 26.2 Å². The molecule has 0 saturated carbocycles. The van der Waals surface area contributed by atoms with Crippen LogP contribution in [0.4, 0.5) is 26.7 Å². The van der Waals surface area contributed by atoms with Gasteiger partial charge in [-0.25, -0.2) is 9.59 Å². The van der Waals surface area contributed by atoms with E-state index in [1.807, 2.05) is 32.0 Å². The topological polar surface area (TPSA) is 103 Å². The summed E-state index contributed by atoms with van der Waals surface area (Å²) in [4.78, 5) is 38.8. The summed E-state index contributed by atoms with van der Waals surface area (Å²) >= 11 is 0. The van der Waals surface area contributed by atoms with Crippen molar-refractivity contribution in [1.82, 2.24) is 10.2 Å². The van der Waals surface area contributed by atoms with Crippen LogP contribution in [0.1, 0.15) is 24.0 Å². The van der Waals surface area contributed by atoms with E-state index in [4.69, 9.17) is 0 Å². The van der Waals surface area contributed by atoms with Crippen molar-refractivity contribution in [3.63, 3.8) is 0 Å². The predicted molar refractivity (Wildman–Crippen MR) is 132 cm³/mol. The fourth-order valence-corrected chi connectivity index (χ4v) is 3.77. The molecule has 1 saturated heterocycles. The normalized spacial score (nSPS) is 15.3. The largest absolute Gasteiger partial charge is 0.352 e. The molecule has 0 aliphatic carbocycles. The van der Waals surface area contributed by atoms with Crippen LogP contribution in [0, 0.1) is 19.8 Å². The Hall–Kier alpha value is -3.81. The number of urea groups is 2. The van der Waals surface area contributed by atoms with E-state index in [0.717, 1.165) is 29.7 Å². The molecule has 0 aromatic heterocycles. The minimum Gasteiger partial charge on any atom is -0.352 e. The molecule has 1 atom stereocenters. The number of amides is 5. The molecular weight excluding hydrogens is 418 g/mol. The number of aryl methyl sites for hydroxylation is 2. The van der Waals surface area contributed by atoms with E-state index in [1.165, 1.54) is 0 Å². The Morgan fingerprint density at radius 2 is 1.73 bits per heavy atom. The van der Waals surface area contributed by atoms with Crippen molar-refractivity contribution in [3.8, 4) is 0 Å². The maximum absolute atomic E-state index is 12.7. The zero-order valence-corrected chi connectivity index (χ0v) is 19.1. The quantitative estimate of drug-likeness (QED) is 0.489. The number of rotatable bonds is 6. The molecule has 0 unspecified atom stereocenters. The average Bonchev–Trinajstić information content (AvgIpc) is 2.80. The van der Waals surface area contributed by atoms with Crippen molar-refractivity contribution in [2.24, 2.45) is 5.92 Å². The van der Waals surface area contributed by atoms with E-state index < -0.39 is 0 Å². The molecule has 5 amide bonds. The Balaban J connectivity index is 1.51. The average molecular weight is 450 g/mol. The van der Waals surface area contributed by atoms with Gasteiger partial charge in [0.15, 0.2) is 0 Å². The minimum atomic E-state index is -0.340. The van der Waals surface area contributed by atoms with Crippen LogP contribution in [0.5, 0.6) is 0 Å². The highest BCUT2D eigenvalue weighted by Crippen LogP contribution is 2.20. The number of nitrogens with zero attached hydrogens (tertiary/aromatic N) is 1. The highest BCUT2D eigenvalue weighted by atomic mass is 16.2. The second-order valence-electron chi connectivity index (χ2n) is 8.22. The molecule has 8 heteroatoms. The van der Waals surface area contributed by atoms with Gasteiger partial charge in [0.1, 0.15) is 0 Å². The first-order chi connectivity index (χ1) is 15.9. The number of anilines is 3. The maximum Gasteiger partial charge on any atom is 0.323 e. The van der Waals surface area contributed by atoms with Crippen molar-refractivity contribution in [2.45, 2.75) is 26.7 Å². The molecule has 1 aliphatic heterocycles. The molecule has 3 rings (SSSR count). The Labute approximate surface area is 194 Å². The van der Waals surface area contributed by atoms with Crippen LogP contribution in [-0.2, 0) is 4.79 Å². The van der Waals surface area contributed by atoms with Crippen molar-refractivity contribution in [2.75, 3.05) is 35.6 Å². The van der Waals surface area contributed by atoms with Crippen molar-refractivity contribution < 1.29 is 14.4 Å². The smallest absolute Gasteiger partial charge is 0.323 e. The SMILES string of the molecule is C=CCNC(=O)[C@H]1CCCN(C(=O)Nc2ccc(NC(=O)Nc3ccc(C)cc3C)cc2)C1. The number of carbonyl (C=O) groups excluding carboxylic acids is 3. The minimum absolute atomic E-state index is 0.0538. The number of benzene rings is 2. The third-order valence-electron chi connectivity index (χ3n) is 5.52. The summed E-state index contributed by atoms with van der Waals surface area (Å²) in [7, 11) is 0. The number of carbonyl (C=O) groups is 3. The van der Waals surface area contributed by atoms with Gasteiger partial charge in [0, 0.05) is 36.7 Å². The lowest BCUT2D eigenvalue weighted by Gasteiger charge is -2.32. The van der Waals surface area contributed by atoms with E-state index >= 15 is 0 Å². The summed E-state index contributed by atoms with van der Waals surface area (Å²) in [6.45, 7) is 8.95. The van der Waals surface area contributed by atoms with Gasteiger partial charge in [0.2, 0.25) is 5.91 Å². The van der Waals surface area contributed by atoms with E-state index in [9.17, 15) is 14.4 Å². The van der Waals surface area contributed by atoms with Crippen molar-refractivity contribution in [1.29, 1.82) is 0 Å². The Bertz CT molecular complexity index is 1020. The van der Waals surface area contributed by atoms with E-state index in [0.29, 0.717) is 31.0 Å². The van der Waals surface area contributed by atoms with Gasteiger partial charge in [0.25, 0.3) is 0 Å². The molecule has 0 radical (unpaired) electrons. The first-order valence-corrected chi connectivity index (χ1v) is 11.1. The van der Waals surface area contributed by atoms with Gasteiger partial charge in [-0.3, -0.25) is 4.79 Å². The number of likely N-dealkylation sites (tertiary alicyclic amines) is 1. The third-order valence-corrected chi connectivity index (χ3v) is 5.52. The first kappa shape index (κ1) is 23.8. The molecule has 8 nitrogen and oxygen atoms in total. The molecule has 1 heterocycles. The number of hydrogen-bond acceptors (Lipinski definition) is 3. The van der Waals surface area contributed by atoms with E-state index in [1.54, 1.807) is 35.2 Å². The van der Waals surface area contributed by atoms with Crippen molar-refractivity contribution in [3.05, 3.63) is 66.2 Å².